The highest BCUT2D eigenvalue weighted by atomic mass is 16.8. The number of carbonyl (C=O) groups excluding carboxylic acids is 7. The van der Waals surface area contributed by atoms with Gasteiger partial charge in [0.2, 0.25) is 6.29 Å². The fraction of sp³-hybridized carbons (Fsp3) is 0.463. The van der Waals surface area contributed by atoms with Crippen molar-refractivity contribution in [2.24, 2.45) is 5.92 Å². The van der Waals surface area contributed by atoms with Crippen molar-refractivity contribution in [3.05, 3.63) is 71.8 Å². The number of rotatable bonds is 17. The number of allylic oxidation sites excluding steroid dienone is 1. The average molecular weight is 843 g/mol. The number of carbonyl (C=O) groups is 8. The number of aliphatic carboxylic acids is 1. The van der Waals surface area contributed by atoms with Crippen molar-refractivity contribution in [3.8, 4) is 5.75 Å². The maximum absolute atomic E-state index is 12.9. The lowest BCUT2D eigenvalue weighted by atomic mass is 9.85. The van der Waals surface area contributed by atoms with E-state index in [1.165, 1.54) is 30.3 Å². The summed E-state index contributed by atoms with van der Waals surface area (Å²) in [6, 6.07) is 15.0. The normalized spacial score (nSPS) is 26.2. The average Bonchev–Trinajstić information content (AvgIpc) is 3.16. The van der Waals surface area contributed by atoms with Gasteiger partial charge in [-0.3, -0.25) is 38.4 Å². The quantitative estimate of drug-likeness (QED) is 0.104. The summed E-state index contributed by atoms with van der Waals surface area (Å²) >= 11 is 0. The largest absolute Gasteiger partial charge is 0.481 e. The molecule has 0 amide bonds. The first-order valence-electron chi connectivity index (χ1n) is 18.6. The van der Waals surface area contributed by atoms with Crippen LogP contribution in [0.4, 0.5) is 0 Å². The number of carboxylic acid groups (broad SMARTS) is 1. The van der Waals surface area contributed by atoms with Crippen LogP contribution in [0.2, 0.25) is 0 Å². The lowest BCUT2D eigenvalue weighted by molar-refractivity contribution is -0.349. The van der Waals surface area contributed by atoms with Gasteiger partial charge in [-0.2, -0.15) is 0 Å². The van der Waals surface area contributed by atoms with Crippen LogP contribution >= 0.6 is 0 Å². The van der Waals surface area contributed by atoms with Crippen LogP contribution in [0.15, 0.2) is 60.7 Å². The molecule has 10 atom stereocenters. The van der Waals surface area contributed by atoms with Crippen LogP contribution in [-0.4, -0.2) is 121 Å². The molecule has 2 heterocycles. The van der Waals surface area contributed by atoms with E-state index in [0.717, 1.165) is 47.1 Å². The van der Waals surface area contributed by atoms with Gasteiger partial charge in [-0.15, -0.1) is 0 Å². The van der Waals surface area contributed by atoms with E-state index in [1.54, 1.807) is 6.08 Å². The van der Waals surface area contributed by atoms with E-state index in [4.69, 9.17) is 47.4 Å². The minimum absolute atomic E-state index is 0.0972. The van der Waals surface area contributed by atoms with Crippen LogP contribution < -0.4 is 4.74 Å². The molecule has 2 saturated heterocycles. The number of hydrogen-bond acceptors (Lipinski definition) is 18. The molecule has 19 heteroatoms. The summed E-state index contributed by atoms with van der Waals surface area (Å²) in [6.45, 7) is 5.11. The van der Waals surface area contributed by atoms with Crippen LogP contribution in [0.25, 0.3) is 6.08 Å². The summed E-state index contributed by atoms with van der Waals surface area (Å²) in [5.74, 6) is -8.23. The Morgan fingerprint density at radius 3 is 1.62 bits per heavy atom. The van der Waals surface area contributed by atoms with Crippen molar-refractivity contribution in [1.29, 1.82) is 0 Å². The zero-order chi connectivity index (χ0) is 44.1. The predicted molar refractivity (Wildman–Crippen MR) is 200 cm³/mol. The Bertz CT molecular complexity index is 1890. The van der Waals surface area contributed by atoms with Gasteiger partial charge in [0.25, 0.3) is 0 Å². The Balaban J connectivity index is 1.75. The van der Waals surface area contributed by atoms with E-state index in [-0.39, 0.29) is 11.5 Å². The first-order chi connectivity index (χ1) is 28.4. The minimum Gasteiger partial charge on any atom is -0.481 e. The van der Waals surface area contributed by atoms with E-state index in [1.807, 2.05) is 30.3 Å². The molecule has 0 aromatic heterocycles. The Kier molecular flexibility index (Phi) is 16.8. The fourth-order valence-corrected chi connectivity index (χ4v) is 6.49. The molecule has 1 N–H and O–H groups in total. The maximum atomic E-state index is 12.9. The predicted octanol–water partition coefficient (Wildman–Crippen LogP) is 2.74. The second kappa shape index (κ2) is 21.7. The molecule has 0 saturated carbocycles. The molecule has 2 aliphatic rings. The highest BCUT2D eigenvalue weighted by molar-refractivity contribution is 6.06. The lowest BCUT2D eigenvalue weighted by Gasteiger charge is -2.49. The molecule has 0 spiro atoms. The van der Waals surface area contributed by atoms with Crippen molar-refractivity contribution < 1.29 is 90.8 Å². The summed E-state index contributed by atoms with van der Waals surface area (Å²) in [4.78, 5) is 99.0. The van der Waals surface area contributed by atoms with Crippen molar-refractivity contribution in [2.45, 2.75) is 103 Å². The van der Waals surface area contributed by atoms with Crippen molar-refractivity contribution in [1.82, 2.24) is 0 Å². The highest BCUT2D eigenvalue weighted by Gasteiger charge is 2.57. The smallest absolute Gasteiger partial charge is 0.303 e. The molecular formula is C41H46O19. The molecule has 2 aliphatic heterocycles. The summed E-state index contributed by atoms with van der Waals surface area (Å²) in [5, 5.41) is 10.2. The first kappa shape index (κ1) is 46.5. The number of hydrogen-bond donors (Lipinski definition) is 1. The third-order valence-electron chi connectivity index (χ3n) is 8.81. The lowest BCUT2D eigenvalue weighted by Crippen LogP contribution is -2.66. The first-order valence-corrected chi connectivity index (χ1v) is 18.6. The number of carboxylic acids is 1. The summed E-state index contributed by atoms with van der Waals surface area (Å²) in [7, 11) is 0. The van der Waals surface area contributed by atoms with Gasteiger partial charge < -0.3 is 52.5 Å². The van der Waals surface area contributed by atoms with Crippen LogP contribution in [0.5, 0.6) is 5.75 Å². The van der Waals surface area contributed by atoms with Gasteiger partial charge in [-0.25, -0.2) is 0 Å². The SMILES string of the molecule is CC(=O)OCC1OC(Oc2ccc(C(=O)/C=C/c3ccccc3)cc2)C(OC(C)=O)C(CC(=O)O)C1OC1OC(COC(C)=O)C(OC(C)=O)C(OC(C)=O)C1OC(C)=O. The Labute approximate surface area is 344 Å². The zero-order valence-corrected chi connectivity index (χ0v) is 33.5. The molecule has 4 rings (SSSR count). The third kappa shape index (κ3) is 13.7. The van der Waals surface area contributed by atoms with E-state index in [0.29, 0.717) is 5.56 Å². The number of benzene rings is 2. The molecule has 0 aliphatic carbocycles. The second-order valence-corrected chi connectivity index (χ2v) is 13.6. The molecule has 2 fully saturated rings. The van der Waals surface area contributed by atoms with Gasteiger partial charge in [0.05, 0.1) is 12.5 Å². The minimum atomic E-state index is -1.84. The Morgan fingerprint density at radius 2 is 1.08 bits per heavy atom. The van der Waals surface area contributed by atoms with Crippen molar-refractivity contribution >= 4 is 53.6 Å². The summed E-state index contributed by atoms with van der Waals surface area (Å²) in [6.07, 6.45) is -12.2. The molecule has 0 bridgehead atoms. The molecule has 2 aromatic rings. The van der Waals surface area contributed by atoms with Gasteiger partial charge >= 0.3 is 41.8 Å². The molecule has 19 nitrogen and oxygen atoms in total. The number of ketones is 1. The van der Waals surface area contributed by atoms with Gasteiger partial charge in [0, 0.05) is 53.0 Å². The van der Waals surface area contributed by atoms with E-state index < -0.39 is 123 Å². The van der Waals surface area contributed by atoms with Crippen LogP contribution in [0, 0.1) is 5.92 Å². The molecule has 324 valence electrons. The van der Waals surface area contributed by atoms with Crippen LogP contribution in [0.3, 0.4) is 0 Å². The van der Waals surface area contributed by atoms with Gasteiger partial charge in [-0.1, -0.05) is 36.4 Å². The summed E-state index contributed by atoms with van der Waals surface area (Å²) < 4.78 is 57.2. The fourth-order valence-electron chi connectivity index (χ4n) is 6.49. The van der Waals surface area contributed by atoms with Gasteiger partial charge in [0.1, 0.15) is 31.2 Å². The van der Waals surface area contributed by atoms with E-state index in [9.17, 15) is 43.5 Å². The number of esters is 6. The monoisotopic (exact) mass is 842 g/mol. The molecular weight excluding hydrogens is 796 g/mol. The van der Waals surface area contributed by atoms with E-state index in [2.05, 4.69) is 0 Å². The summed E-state index contributed by atoms with van der Waals surface area (Å²) in [5.41, 5.74) is 1.11. The second-order valence-electron chi connectivity index (χ2n) is 13.6. The zero-order valence-electron chi connectivity index (χ0n) is 33.5. The maximum Gasteiger partial charge on any atom is 0.303 e. The van der Waals surface area contributed by atoms with Gasteiger partial charge in [0.15, 0.2) is 36.5 Å². The van der Waals surface area contributed by atoms with Crippen molar-refractivity contribution in [3.63, 3.8) is 0 Å². The highest BCUT2D eigenvalue weighted by Crippen LogP contribution is 2.38. The molecule has 0 radical (unpaired) electrons. The molecule has 60 heavy (non-hydrogen) atoms. The Hall–Kier alpha value is -6.18. The van der Waals surface area contributed by atoms with Crippen molar-refractivity contribution in [2.75, 3.05) is 13.2 Å². The topological polar surface area (TPSA) is 249 Å². The van der Waals surface area contributed by atoms with Crippen LogP contribution in [0.1, 0.15) is 63.9 Å². The Morgan fingerprint density at radius 1 is 0.583 bits per heavy atom. The number of ether oxygens (including phenoxy) is 10. The van der Waals surface area contributed by atoms with Gasteiger partial charge in [-0.05, 0) is 35.9 Å². The third-order valence-corrected chi connectivity index (χ3v) is 8.81. The molecule has 10 unspecified atom stereocenters. The van der Waals surface area contributed by atoms with Crippen LogP contribution in [-0.2, 0) is 76.2 Å². The molecule has 2 aromatic carbocycles. The standard InChI is InChI=1S/C41H46O19/c1-21(42)51-19-32-35(60-41-39(56-26(6)47)38(55-25(5)46)37(54-24(4)45)33(59-41)20-52-22(2)43)30(18-34(49)50)36(53-23(3)44)40(58-32)57-29-15-13-28(14-16-29)31(48)17-12-27-10-8-7-9-11-27/h7-17,30,32-33,35-41H,18-20H2,1-6H3,(H,49,50)/b17-12+. The van der Waals surface area contributed by atoms with E-state index >= 15 is 0 Å².